The van der Waals surface area contributed by atoms with Crippen LogP contribution in [-0.2, 0) is 4.74 Å². The number of nitriles is 1. The molecular weight excluding hydrogens is 372 g/mol. The van der Waals surface area contributed by atoms with Crippen LogP contribution >= 0.6 is 0 Å². The van der Waals surface area contributed by atoms with E-state index in [0.717, 1.165) is 0 Å². The standard InChI is InChI=1S/C22H16N2O5/c1-27-15-9-5-8-13(20(15)28-2)16-14(10-23)22(24)29-21-17(16)18(25)11-6-3-4-7-12(11)19(21)26/h3-9,16H,24H2,1-2H3/t16-/m0/s1. The summed E-state index contributed by atoms with van der Waals surface area (Å²) < 4.78 is 16.3. The number of hydrogen-bond donors (Lipinski definition) is 1. The van der Waals surface area contributed by atoms with E-state index in [2.05, 4.69) is 0 Å². The van der Waals surface area contributed by atoms with Crippen molar-refractivity contribution in [3.05, 3.63) is 81.9 Å². The maximum absolute atomic E-state index is 13.4. The Hall–Kier alpha value is -4.05. The fourth-order valence-corrected chi connectivity index (χ4v) is 3.76. The van der Waals surface area contributed by atoms with Gasteiger partial charge in [0.25, 0.3) is 0 Å². The summed E-state index contributed by atoms with van der Waals surface area (Å²) in [6.45, 7) is 0. The fourth-order valence-electron chi connectivity index (χ4n) is 3.76. The number of Topliss-reactive ketones (excluding diaryl/α,β-unsaturated/α-hetero) is 2. The zero-order valence-electron chi connectivity index (χ0n) is 15.7. The number of nitrogens with zero attached hydrogens (tertiary/aromatic N) is 1. The van der Waals surface area contributed by atoms with Gasteiger partial charge in [0.15, 0.2) is 23.0 Å². The molecule has 0 bridgehead atoms. The molecule has 1 atom stereocenters. The second-order valence-corrected chi connectivity index (χ2v) is 6.45. The average Bonchev–Trinajstić information content (AvgIpc) is 2.75. The van der Waals surface area contributed by atoms with Crippen LogP contribution in [0.15, 0.2) is 65.3 Å². The van der Waals surface area contributed by atoms with Gasteiger partial charge in [-0.25, -0.2) is 0 Å². The lowest BCUT2D eigenvalue weighted by Gasteiger charge is -2.31. The summed E-state index contributed by atoms with van der Waals surface area (Å²) in [6.07, 6.45) is 0. The van der Waals surface area contributed by atoms with E-state index in [-0.39, 0.29) is 33.9 Å². The molecule has 0 aromatic heterocycles. The Morgan fingerprint density at radius 3 is 2.31 bits per heavy atom. The molecule has 1 heterocycles. The lowest BCUT2D eigenvalue weighted by molar-refractivity contribution is 0.0897. The van der Waals surface area contributed by atoms with E-state index < -0.39 is 17.5 Å². The second-order valence-electron chi connectivity index (χ2n) is 6.45. The smallest absolute Gasteiger partial charge is 0.229 e. The van der Waals surface area contributed by atoms with Gasteiger partial charge in [0.05, 0.1) is 25.7 Å². The van der Waals surface area contributed by atoms with E-state index in [1.807, 2.05) is 6.07 Å². The van der Waals surface area contributed by atoms with Crippen LogP contribution in [0.1, 0.15) is 32.2 Å². The lowest BCUT2D eigenvalue weighted by atomic mass is 9.75. The Kier molecular flexibility index (Phi) is 4.32. The molecule has 0 amide bonds. The maximum atomic E-state index is 13.4. The SMILES string of the molecule is COc1cccc([C@H]2C(C#N)=C(N)OC3=C2C(=O)c2ccccc2C3=O)c1OC. The fraction of sp³-hybridized carbons (Fsp3) is 0.136. The van der Waals surface area contributed by atoms with E-state index in [1.165, 1.54) is 14.2 Å². The van der Waals surface area contributed by atoms with Crippen molar-refractivity contribution in [1.29, 1.82) is 5.26 Å². The van der Waals surface area contributed by atoms with Crippen LogP contribution in [0.5, 0.6) is 11.5 Å². The Morgan fingerprint density at radius 1 is 1.00 bits per heavy atom. The summed E-state index contributed by atoms with van der Waals surface area (Å²) in [5.74, 6) is -1.41. The molecular formula is C22H16N2O5. The normalized spacial score (nSPS) is 17.9. The average molecular weight is 388 g/mol. The van der Waals surface area contributed by atoms with Crippen molar-refractivity contribution in [3.8, 4) is 17.6 Å². The minimum absolute atomic E-state index is 0.0239. The molecule has 29 heavy (non-hydrogen) atoms. The number of carbonyl (C=O) groups excluding carboxylic acids is 2. The van der Waals surface area contributed by atoms with Gasteiger partial charge in [0.2, 0.25) is 11.7 Å². The maximum Gasteiger partial charge on any atom is 0.229 e. The molecule has 2 aromatic rings. The highest BCUT2D eigenvalue weighted by Gasteiger charge is 2.44. The minimum atomic E-state index is -0.932. The van der Waals surface area contributed by atoms with Crippen LogP contribution in [0.25, 0.3) is 0 Å². The molecule has 1 aliphatic carbocycles. The number of methoxy groups -OCH3 is 2. The molecule has 0 spiro atoms. The number of nitrogens with two attached hydrogens (primary N) is 1. The number of hydrogen-bond acceptors (Lipinski definition) is 7. The van der Waals surface area contributed by atoms with Crippen LogP contribution < -0.4 is 15.2 Å². The first-order valence-corrected chi connectivity index (χ1v) is 8.74. The number of fused-ring (bicyclic) bond motifs is 1. The first-order chi connectivity index (χ1) is 14.0. The lowest BCUT2D eigenvalue weighted by Crippen LogP contribution is -2.32. The zero-order valence-corrected chi connectivity index (χ0v) is 15.7. The Morgan fingerprint density at radius 2 is 1.69 bits per heavy atom. The van der Waals surface area contributed by atoms with E-state index >= 15 is 0 Å². The van der Waals surface area contributed by atoms with Crippen molar-refractivity contribution in [2.75, 3.05) is 14.2 Å². The third-order valence-electron chi connectivity index (χ3n) is 5.03. The summed E-state index contributed by atoms with van der Waals surface area (Å²) in [5, 5.41) is 9.76. The predicted molar refractivity (Wildman–Crippen MR) is 102 cm³/mol. The monoisotopic (exact) mass is 388 g/mol. The van der Waals surface area contributed by atoms with Crippen molar-refractivity contribution in [2.45, 2.75) is 5.92 Å². The first kappa shape index (κ1) is 18.3. The summed E-state index contributed by atoms with van der Waals surface area (Å²) >= 11 is 0. The van der Waals surface area contributed by atoms with Gasteiger partial charge in [0, 0.05) is 16.7 Å². The highest BCUT2D eigenvalue weighted by Crippen LogP contribution is 2.48. The third-order valence-corrected chi connectivity index (χ3v) is 5.03. The number of ketones is 2. The quantitative estimate of drug-likeness (QED) is 0.860. The van der Waals surface area contributed by atoms with Gasteiger partial charge in [-0.15, -0.1) is 0 Å². The van der Waals surface area contributed by atoms with Gasteiger partial charge < -0.3 is 19.9 Å². The Balaban J connectivity index is 2.02. The van der Waals surface area contributed by atoms with Crippen molar-refractivity contribution in [3.63, 3.8) is 0 Å². The molecule has 2 aromatic carbocycles. The number of rotatable bonds is 3. The molecule has 2 aliphatic rings. The highest BCUT2D eigenvalue weighted by atomic mass is 16.5. The number of benzene rings is 2. The summed E-state index contributed by atoms with van der Waals surface area (Å²) in [7, 11) is 2.94. The van der Waals surface area contributed by atoms with Gasteiger partial charge in [-0.2, -0.15) is 5.26 Å². The molecule has 0 saturated carbocycles. The number of para-hydroxylation sites is 1. The first-order valence-electron chi connectivity index (χ1n) is 8.74. The molecule has 0 saturated heterocycles. The number of carbonyl (C=O) groups is 2. The topological polar surface area (TPSA) is 112 Å². The van der Waals surface area contributed by atoms with E-state index in [9.17, 15) is 14.9 Å². The zero-order chi connectivity index (χ0) is 20.7. The van der Waals surface area contributed by atoms with Gasteiger partial charge in [0.1, 0.15) is 11.6 Å². The van der Waals surface area contributed by atoms with Crippen molar-refractivity contribution < 1.29 is 23.8 Å². The molecule has 0 fully saturated rings. The van der Waals surface area contributed by atoms with Gasteiger partial charge in [-0.05, 0) is 6.07 Å². The largest absolute Gasteiger partial charge is 0.493 e. The molecule has 0 radical (unpaired) electrons. The summed E-state index contributed by atoms with van der Waals surface area (Å²) in [5.41, 5.74) is 7.03. The highest BCUT2D eigenvalue weighted by molar-refractivity contribution is 6.27. The molecule has 144 valence electrons. The minimum Gasteiger partial charge on any atom is -0.493 e. The molecule has 0 unspecified atom stereocenters. The molecule has 1 aliphatic heterocycles. The number of ether oxygens (including phenoxy) is 3. The van der Waals surface area contributed by atoms with Crippen LogP contribution in [0.4, 0.5) is 0 Å². The molecule has 2 N–H and O–H groups in total. The second kappa shape index (κ2) is 6.84. The predicted octanol–water partition coefficient (Wildman–Crippen LogP) is 2.84. The van der Waals surface area contributed by atoms with Crippen molar-refractivity contribution in [2.24, 2.45) is 5.73 Å². The Bertz CT molecular complexity index is 1170. The van der Waals surface area contributed by atoms with Gasteiger partial charge in [-0.1, -0.05) is 36.4 Å². The molecule has 4 rings (SSSR count). The van der Waals surface area contributed by atoms with E-state index in [0.29, 0.717) is 17.1 Å². The summed E-state index contributed by atoms with van der Waals surface area (Å²) in [4.78, 5) is 26.4. The molecule has 7 nitrogen and oxygen atoms in total. The van der Waals surface area contributed by atoms with Crippen LogP contribution in [0.3, 0.4) is 0 Å². The third kappa shape index (κ3) is 2.57. The summed E-state index contributed by atoms with van der Waals surface area (Å²) in [6, 6.07) is 13.6. The number of allylic oxidation sites excluding steroid dienone is 3. The van der Waals surface area contributed by atoms with Gasteiger partial charge >= 0.3 is 0 Å². The van der Waals surface area contributed by atoms with Crippen LogP contribution in [-0.4, -0.2) is 25.8 Å². The van der Waals surface area contributed by atoms with Crippen LogP contribution in [0.2, 0.25) is 0 Å². The van der Waals surface area contributed by atoms with Crippen molar-refractivity contribution >= 4 is 11.6 Å². The van der Waals surface area contributed by atoms with Crippen LogP contribution in [0, 0.1) is 11.3 Å². The molecule has 7 heteroatoms. The van der Waals surface area contributed by atoms with Gasteiger partial charge in [-0.3, -0.25) is 9.59 Å². The van der Waals surface area contributed by atoms with E-state index in [1.54, 1.807) is 42.5 Å². The Labute approximate surface area is 166 Å². The van der Waals surface area contributed by atoms with E-state index in [4.69, 9.17) is 19.9 Å². The van der Waals surface area contributed by atoms with Crippen molar-refractivity contribution in [1.82, 2.24) is 0 Å².